The SMILES string of the molecule is COC(=O)C(CN)(Cc1ccccc1F)CC1CC1. The topological polar surface area (TPSA) is 52.3 Å². The molecule has 1 aromatic rings. The number of methoxy groups -OCH3 is 1. The predicted molar refractivity (Wildman–Crippen MR) is 70.9 cm³/mol. The summed E-state index contributed by atoms with van der Waals surface area (Å²) in [5.41, 5.74) is 5.57. The first-order valence-corrected chi connectivity index (χ1v) is 6.63. The van der Waals surface area contributed by atoms with Gasteiger partial charge < -0.3 is 10.5 Å². The summed E-state index contributed by atoms with van der Waals surface area (Å²) in [5, 5.41) is 0. The van der Waals surface area contributed by atoms with Gasteiger partial charge in [0.2, 0.25) is 0 Å². The third kappa shape index (κ3) is 3.13. The Balaban J connectivity index is 2.25. The number of halogens is 1. The van der Waals surface area contributed by atoms with Gasteiger partial charge in [-0.25, -0.2) is 4.39 Å². The highest BCUT2D eigenvalue weighted by Gasteiger charge is 2.43. The van der Waals surface area contributed by atoms with Crippen LogP contribution in [0.4, 0.5) is 4.39 Å². The molecule has 1 fully saturated rings. The minimum atomic E-state index is -0.794. The Hall–Kier alpha value is -1.42. The van der Waals surface area contributed by atoms with Crippen molar-refractivity contribution >= 4 is 5.97 Å². The summed E-state index contributed by atoms with van der Waals surface area (Å²) in [7, 11) is 1.36. The second-order valence-corrected chi connectivity index (χ2v) is 5.39. The highest BCUT2D eigenvalue weighted by Crippen LogP contribution is 2.42. The van der Waals surface area contributed by atoms with Gasteiger partial charge in [-0.1, -0.05) is 31.0 Å². The fraction of sp³-hybridized carbons (Fsp3) is 0.533. The van der Waals surface area contributed by atoms with E-state index in [1.165, 1.54) is 13.2 Å². The maximum Gasteiger partial charge on any atom is 0.313 e. The number of ether oxygens (including phenoxy) is 1. The minimum absolute atomic E-state index is 0.185. The molecule has 2 rings (SSSR count). The van der Waals surface area contributed by atoms with Gasteiger partial charge in [0.1, 0.15) is 5.82 Å². The van der Waals surface area contributed by atoms with E-state index < -0.39 is 5.41 Å². The summed E-state index contributed by atoms with van der Waals surface area (Å²) in [5.74, 6) is -0.0976. The Morgan fingerprint density at radius 1 is 1.47 bits per heavy atom. The Kier molecular flexibility index (Phi) is 4.20. The van der Waals surface area contributed by atoms with Crippen LogP contribution in [0.2, 0.25) is 0 Å². The molecule has 3 nitrogen and oxygen atoms in total. The van der Waals surface area contributed by atoms with Crippen LogP contribution in [0.3, 0.4) is 0 Å². The monoisotopic (exact) mass is 265 g/mol. The van der Waals surface area contributed by atoms with Crippen molar-refractivity contribution in [3.63, 3.8) is 0 Å². The number of hydrogen-bond donors (Lipinski definition) is 1. The van der Waals surface area contributed by atoms with Gasteiger partial charge in [-0.05, 0) is 30.4 Å². The average molecular weight is 265 g/mol. The van der Waals surface area contributed by atoms with Gasteiger partial charge in [0.05, 0.1) is 12.5 Å². The Morgan fingerprint density at radius 3 is 2.68 bits per heavy atom. The number of hydrogen-bond acceptors (Lipinski definition) is 3. The number of esters is 1. The predicted octanol–water partition coefficient (Wildman–Crippen LogP) is 2.29. The lowest BCUT2D eigenvalue weighted by molar-refractivity contribution is -0.153. The molecule has 0 radical (unpaired) electrons. The lowest BCUT2D eigenvalue weighted by Gasteiger charge is -2.30. The van der Waals surface area contributed by atoms with E-state index in [1.807, 2.05) is 0 Å². The highest BCUT2D eigenvalue weighted by atomic mass is 19.1. The molecule has 0 aliphatic heterocycles. The van der Waals surface area contributed by atoms with Crippen LogP contribution in [0.15, 0.2) is 24.3 Å². The number of rotatable bonds is 6. The standard InChI is InChI=1S/C15H20FNO2/c1-19-14(18)15(10-17,8-11-6-7-11)9-12-4-2-3-5-13(12)16/h2-5,11H,6-10,17H2,1H3. The summed E-state index contributed by atoms with van der Waals surface area (Å²) < 4.78 is 18.7. The lowest BCUT2D eigenvalue weighted by atomic mass is 9.77. The zero-order valence-electron chi connectivity index (χ0n) is 11.2. The largest absolute Gasteiger partial charge is 0.469 e. The first-order valence-electron chi connectivity index (χ1n) is 6.63. The van der Waals surface area contributed by atoms with E-state index in [4.69, 9.17) is 10.5 Å². The molecule has 1 aromatic carbocycles. The molecule has 0 saturated heterocycles. The quantitative estimate of drug-likeness (QED) is 0.803. The van der Waals surface area contributed by atoms with Crippen molar-refractivity contribution in [3.05, 3.63) is 35.6 Å². The molecule has 1 saturated carbocycles. The van der Waals surface area contributed by atoms with Gasteiger partial charge >= 0.3 is 5.97 Å². The van der Waals surface area contributed by atoms with Gasteiger partial charge in [0.15, 0.2) is 0 Å². The molecule has 1 aliphatic rings. The van der Waals surface area contributed by atoms with E-state index in [1.54, 1.807) is 18.2 Å². The molecule has 1 aliphatic carbocycles. The van der Waals surface area contributed by atoms with Crippen LogP contribution in [0.1, 0.15) is 24.8 Å². The highest BCUT2D eigenvalue weighted by molar-refractivity contribution is 5.77. The molecule has 0 bridgehead atoms. The van der Waals surface area contributed by atoms with E-state index in [0.717, 1.165) is 12.8 Å². The maximum absolute atomic E-state index is 13.8. The second-order valence-electron chi connectivity index (χ2n) is 5.39. The van der Waals surface area contributed by atoms with Crippen molar-refractivity contribution in [3.8, 4) is 0 Å². The van der Waals surface area contributed by atoms with Crippen LogP contribution in [0.25, 0.3) is 0 Å². The molecule has 1 atom stereocenters. The van der Waals surface area contributed by atoms with Crippen LogP contribution in [0, 0.1) is 17.2 Å². The van der Waals surface area contributed by atoms with E-state index in [2.05, 4.69) is 0 Å². The van der Waals surface area contributed by atoms with Crippen LogP contribution in [-0.2, 0) is 16.0 Å². The molecule has 0 spiro atoms. The molecule has 0 heterocycles. The van der Waals surface area contributed by atoms with Crippen molar-refractivity contribution in [2.24, 2.45) is 17.1 Å². The summed E-state index contributed by atoms with van der Waals surface area (Å²) in [6.45, 7) is 0.185. The maximum atomic E-state index is 13.8. The summed E-state index contributed by atoms with van der Waals surface area (Å²) in [4.78, 5) is 12.1. The zero-order valence-corrected chi connectivity index (χ0v) is 11.2. The number of carbonyl (C=O) groups excluding carboxylic acids is 1. The smallest absolute Gasteiger partial charge is 0.313 e. The lowest BCUT2D eigenvalue weighted by Crippen LogP contribution is -2.42. The normalized spacial score (nSPS) is 17.8. The molecule has 4 heteroatoms. The Morgan fingerprint density at radius 2 is 2.16 bits per heavy atom. The van der Waals surface area contributed by atoms with Gasteiger partial charge in [-0.2, -0.15) is 0 Å². The van der Waals surface area contributed by atoms with E-state index in [0.29, 0.717) is 24.3 Å². The molecule has 0 aromatic heterocycles. The molecule has 104 valence electrons. The van der Waals surface area contributed by atoms with Gasteiger partial charge in [-0.15, -0.1) is 0 Å². The third-order valence-electron chi connectivity index (χ3n) is 3.87. The molecule has 19 heavy (non-hydrogen) atoms. The number of nitrogens with two attached hydrogens (primary N) is 1. The van der Waals surface area contributed by atoms with Crippen LogP contribution < -0.4 is 5.73 Å². The average Bonchev–Trinajstić information content (AvgIpc) is 3.23. The van der Waals surface area contributed by atoms with Crippen molar-refractivity contribution in [1.29, 1.82) is 0 Å². The summed E-state index contributed by atoms with van der Waals surface area (Å²) in [6.07, 6.45) is 3.23. The van der Waals surface area contributed by atoms with Crippen molar-refractivity contribution in [1.82, 2.24) is 0 Å². The van der Waals surface area contributed by atoms with Crippen LogP contribution in [-0.4, -0.2) is 19.6 Å². The van der Waals surface area contributed by atoms with E-state index in [-0.39, 0.29) is 18.3 Å². The third-order valence-corrected chi connectivity index (χ3v) is 3.87. The van der Waals surface area contributed by atoms with Gasteiger partial charge in [0.25, 0.3) is 0 Å². The summed E-state index contributed by atoms with van der Waals surface area (Å²) in [6, 6.07) is 6.52. The second kappa shape index (κ2) is 5.70. The number of carbonyl (C=O) groups is 1. The van der Waals surface area contributed by atoms with E-state index >= 15 is 0 Å². The van der Waals surface area contributed by atoms with Crippen molar-refractivity contribution < 1.29 is 13.9 Å². The first kappa shape index (κ1) is 14.0. The van der Waals surface area contributed by atoms with Gasteiger partial charge in [0, 0.05) is 6.54 Å². The first-order chi connectivity index (χ1) is 9.11. The minimum Gasteiger partial charge on any atom is -0.469 e. The van der Waals surface area contributed by atoms with Crippen LogP contribution >= 0.6 is 0 Å². The molecule has 1 unspecified atom stereocenters. The molecular weight excluding hydrogens is 245 g/mol. The van der Waals surface area contributed by atoms with Gasteiger partial charge in [-0.3, -0.25) is 4.79 Å². The van der Waals surface area contributed by atoms with Crippen molar-refractivity contribution in [2.75, 3.05) is 13.7 Å². The molecule has 2 N–H and O–H groups in total. The zero-order chi connectivity index (χ0) is 13.9. The summed E-state index contributed by atoms with van der Waals surface area (Å²) >= 11 is 0. The molecular formula is C15H20FNO2. The van der Waals surface area contributed by atoms with Crippen molar-refractivity contribution in [2.45, 2.75) is 25.7 Å². The van der Waals surface area contributed by atoms with E-state index in [9.17, 15) is 9.18 Å². The van der Waals surface area contributed by atoms with Crippen LogP contribution in [0.5, 0.6) is 0 Å². The fourth-order valence-corrected chi connectivity index (χ4v) is 2.56. The Bertz CT molecular complexity index is 459. The molecule has 0 amide bonds. The fourth-order valence-electron chi connectivity index (χ4n) is 2.56. The Labute approximate surface area is 112 Å². The number of benzene rings is 1.